The van der Waals surface area contributed by atoms with Crippen LogP contribution in [0.1, 0.15) is 6.92 Å². The predicted molar refractivity (Wildman–Crippen MR) is 57.4 cm³/mol. The normalized spacial score (nSPS) is 12.8. The number of fused-ring (bicyclic) bond motifs is 1. The van der Waals surface area contributed by atoms with Crippen molar-refractivity contribution in [3.63, 3.8) is 0 Å². The van der Waals surface area contributed by atoms with E-state index in [0.29, 0.717) is 11.0 Å². The molecule has 0 aromatic carbocycles. The highest BCUT2D eigenvalue weighted by Gasteiger charge is 2.15. The Morgan fingerprint density at radius 3 is 2.94 bits per heavy atom. The van der Waals surface area contributed by atoms with E-state index in [2.05, 4.69) is 15.4 Å². The summed E-state index contributed by atoms with van der Waals surface area (Å²) in [6, 6.07) is 0. The van der Waals surface area contributed by atoms with Crippen LogP contribution in [0.3, 0.4) is 0 Å². The molecule has 2 aromatic rings. The van der Waals surface area contributed by atoms with Gasteiger partial charge in [-0.3, -0.25) is 9.59 Å². The van der Waals surface area contributed by atoms with Crippen LogP contribution in [0.25, 0.3) is 11.0 Å². The number of carboxylic acid groups (broad SMARTS) is 1. The van der Waals surface area contributed by atoms with Crippen molar-refractivity contribution in [1.82, 2.24) is 24.8 Å². The summed E-state index contributed by atoms with van der Waals surface area (Å²) in [4.78, 5) is 22.6. The zero-order valence-corrected chi connectivity index (χ0v) is 9.36. The van der Waals surface area contributed by atoms with Crippen LogP contribution in [0.2, 0.25) is 0 Å². The molecule has 0 saturated carbocycles. The maximum atomic E-state index is 11.9. The van der Waals surface area contributed by atoms with Crippen LogP contribution in [-0.4, -0.2) is 35.9 Å². The van der Waals surface area contributed by atoms with Crippen molar-refractivity contribution in [3.05, 3.63) is 16.6 Å². The molecule has 0 aliphatic carbocycles. The quantitative estimate of drug-likeness (QED) is 0.753. The second-order valence-electron chi connectivity index (χ2n) is 3.82. The Hall–Kier alpha value is -2.25. The topological polar surface area (TPSA) is 103 Å². The van der Waals surface area contributed by atoms with Crippen LogP contribution in [0, 0.1) is 5.92 Å². The molecule has 0 amide bonds. The van der Waals surface area contributed by atoms with Gasteiger partial charge in [-0.1, -0.05) is 12.1 Å². The van der Waals surface area contributed by atoms with Gasteiger partial charge in [-0.05, 0) is 0 Å². The maximum Gasteiger partial charge on any atom is 0.308 e. The standard InChI is InChI=1S/C9H11N5O3/c1-5(9(16)17)4-14-8(15)6-3-10-13(2)7(6)11-12-14/h3,5H,4H2,1-2H3,(H,16,17). The second-order valence-corrected chi connectivity index (χ2v) is 3.82. The van der Waals surface area contributed by atoms with Gasteiger partial charge in [0, 0.05) is 7.05 Å². The molecule has 0 saturated heterocycles. The van der Waals surface area contributed by atoms with Crippen molar-refractivity contribution < 1.29 is 9.90 Å². The molecule has 90 valence electrons. The Kier molecular flexibility index (Phi) is 2.62. The molecule has 0 aliphatic rings. The molecule has 1 unspecified atom stereocenters. The molecule has 0 radical (unpaired) electrons. The van der Waals surface area contributed by atoms with Crippen molar-refractivity contribution in [3.8, 4) is 0 Å². The third-order valence-corrected chi connectivity index (χ3v) is 2.49. The van der Waals surface area contributed by atoms with Gasteiger partial charge in [0.2, 0.25) is 0 Å². The first-order chi connectivity index (χ1) is 8.00. The summed E-state index contributed by atoms with van der Waals surface area (Å²) in [5, 5.41) is 20.5. The minimum Gasteiger partial charge on any atom is -0.481 e. The molecule has 2 rings (SSSR count). The highest BCUT2D eigenvalue weighted by atomic mass is 16.4. The molecule has 1 N–H and O–H groups in total. The summed E-state index contributed by atoms with van der Waals surface area (Å²) in [6.07, 6.45) is 1.40. The smallest absolute Gasteiger partial charge is 0.308 e. The highest BCUT2D eigenvalue weighted by Crippen LogP contribution is 2.03. The highest BCUT2D eigenvalue weighted by molar-refractivity contribution is 5.72. The van der Waals surface area contributed by atoms with Gasteiger partial charge in [0.1, 0.15) is 5.39 Å². The lowest BCUT2D eigenvalue weighted by molar-refractivity contribution is -0.141. The van der Waals surface area contributed by atoms with Gasteiger partial charge < -0.3 is 5.11 Å². The van der Waals surface area contributed by atoms with E-state index in [-0.39, 0.29) is 12.1 Å². The Morgan fingerprint density at radius 1 is 1.59 bits per heavy atom. The lowest BCUT2D eigenvalue weighted by atomic mass is 10.2. The van der Waals surface area contributed by atoms with Crippen LogP contribution < -0.4 is 5.56 Å². The first-order valence-corrected chi connectivity index (χ1v) is 4.99. The van der Waals surface area contributed by atoms with Gasteiger partial charge in [0.15, 0.2) is 5.65 Å². The fraction of sp³-hybridized carbons (Fsp3) is 0.444. The van der Waals surface area contributed by atoms with Gasteiger partial charge >= 0.3 is 5.97 Å². The number of aliphatic carboxylic acids is 1. The number of nitrogens with zero attached hydrogens (tertiary/aromatic N) is 5. The second kappa shape index (κ2) is 3.96. The summed E-state index contributed by atoms with van der Waals surface area (Å²) < 4.78 is 2.48. The van der Waals surface area contributed by atoms with E-state index < -0.39 is 11.9 Å². The van der Waals surface area contributed by atoms with Gasteiger partial charge in [-0.25, -0.2) is 9.36 Å². The van der Waals surface area contributed by atoms with Crippen molar-refractivity contribution in [2.45, 2.75) is 13.5 Å². The Balaban J connectivity index is 2.46. The molecule has 2 heterocycles. The first kappa shape index (κ1) is 11.2. The van der Waals surface area contributed by atoms with Gasteiger partial charge in [0.25, 0.3) is 5.56 Å². The van der Waals surface area contributed by atoms with Crippen molar-refractivity contribution in [1.29, 1.82) is 0 Å². The molecule has 0 spiro atoms. The zero-order chi connectivity index (χ0) is 12.6. The van der Waals surface area contributed by atoms with E-state index in [1.54, 1.807) is 7.05 Å². The molecule has 1 atom stereocenters. The first-order valence-electron chi connectivity index (χ1n) is 4.99. The molecule has 17 heavy (non-hydrogen) atoms. The van der Waals surface area contributed by atoms with E-state index in [4.69, 9.17) is 5.11 Å². The van der Waals surface area contributed by atoms with Gasteiger partial charge in [-0.2, -0.15) is 5.10 Å². The minimum absolute atomic E-state index is 0.00794. The molecule has 2 aromatic heterocycles. The average Bonchev–Trinajstić information content (AvgIpc) is 2.65. The third kappa shape index (κ3) is 1.88. The van der Waals surface area contributed by atoms with Crippen LogP contribution in [0.15, 0.2) is 11.0 Å². The maximum absolute atomic E-state index is 11.9. The third-order valence-electron chi connectivity index (χ3n) is 2.49. The fourth-order valence-electron chi connectivity index (χ4n) is 1.43. The lowest BCUT2D eigenvalue weighted by Gasteiger charge is -2.06. The minimum atomic E-state index is -0.981. The molecular formula is C9H11N5O3. The average molecular weight is 237 g/mol. The molecule has 0 fully saturated rings. The van der Waals surface area contributed by atoms with E-state index in [9.17, 15) is 9.59 Å². The van der Waals surface area contributed by atoms with E-state index in [1.165, 1.54) is 17.8 Å². The van der Waals surface area contributed by atoms with Crippen LogP contribution in [0.5, 0.6) is 0 Å². The summed E-state index contributed by atoms with van der Waals surface area (Å²) in [6.45, 7) is 1.50. The van der Waals surface area contributed by atoms with Crippen molar-refractivity contribution in [2.75, 3.05) is 0 Å². The van der Waals surface area contributed by atoms with Crippen molar-refractivity contribution in [2.24, 2.45) is 13.0 Å². The Morgan fingerprint density at radius 2 is 2.29 bits per heavy atom. The Bertz CT molecular complexity index is 629. The number of hydrogen-bond acceptors (Lipinski definition) is 5. The number of carbonyl (C=O) groups is 1. The number of rotatable bonds is 3. The SMILES string of the molecule is CC(Cn1nnc2c(cnn2C)c1=O)C(=O)O. The summed E-state index contributed by atoms with van der Waals surface area (Å²) in [5.74, 6) is -1.68. The van der Waals surface area contributed by atoms with Crippen LogP contribution >= 0.6 is 0 Å². The van der Waals surface area contributed by atoms with E-state index in [0.717, 1.165) is 4.68 Å². The predicted octanol–water partition coefficient (Wildman–Crippen LogP) is -0.754. The molecule has 8 nitrogen and oxygen atoms in total. The zero-order valence-electron chi connectivity index (χ0n) is 9.36. The van der Waals surface area contributed by atoms with Crippen molar-refractivity contribution >= 4 is 17.0 Å². The monoisotopic (exact) mass is 237 g/mol. The fourth-order valence-corrected chi connectivity index (χ4v) is 1.43. The Labute approximate surface area is 95.5 Å². The number of aryl methyl sites for hydroxylation is 1. The number of aromatic nitrogens is 5. The lowest BCUT2D eigenvalue weighted by Crippen LogP contribution is -2.29. The van der Waals surface area contributed by atoms with E-state index >= 15 is 0 Å². The largest absolute Gasteiger partial charge is 0.481 e. The van der Waals surface area contributed by atoms with E-state index in [1.807, 2.05) is 0 Å². The number of carboxylic acids is 1. The van der Waals surface area contributed by atoms with Crippen LogP contribution in [-0.2, 0) is 18.4 Å². The summed E-state index contributed by atoms with van der Waals surface area (Å²) in [7, 11) is 1.65. The van der Waals surface area contributed by atoms with Gasteiger partial charge in [-0.15, -0.1) is 5.10 Å². The molecule has 8 heteroatoms. The molecule has 0 aliphatic heterocycles. The molecule has 0 bridgehead atoms. The number of hydrogen-bond donors (Lipinski definition) is 1. The molecular weight excluding hydrogens is 226 g/mol. The van der Waals surface area contributed by atoms with Crippen LogP contribution in [0.4, 0.5) is 0 Å². The summed E-state index contributed by atoms with van der Waals surface area (Å²) in [5.41, 5.74) is 0.00503. The summed E-state index contributed by atoms with van der Waals surface area (Å²) >= 11 is 0. The van der Waals surface area contributed by atoms with Gasteiger partial charge in [0.05, 0.1) is 18.7 Å².